The van der Waals surface area contributed by atoms with E-state index in [-0.39, 0.29) is 23.9 Å². The number of nitrogens with zero attached hydrogens (tertiary/aromatic N) is 1. The van der Waals surface area contributed by atoms with Gasteiger partial charge in [0.05, 0.1) is 16.3 Å². The summed E-state index contributed by atoms with van der Waals surface area (Å²) in [6.07, 6.45) is 2.12. The maximum atomic E-state index is 12.3. The highest BCUT2D eigenvalue weighted by Crippen LogP contribution is 2.30. The second-order valence-corrected chi connectivity index (χ2v) is 6.77. The van der Waals surface area contributed by atoms with Crippen molar-refractivity contribution in [1.82, 2.24) is 0 Å². The molecule has 140 valence electrons. The third-order valence-electron chi connectivity index (χ3n) is 4.56. The first-order valence-corrected chi connectivity index (χ1v) is 9.26. The normalized spacial score (nSPS) is 13.7. The van der Waals surface area contributed by atoms with Gasteiger partial charge >= 0.3 is 5.97 Å². The number of esters is 1. The summed E-state index contributed by atoms with van der Waals surface area (Å²) in [5.41, 5.74) is 2.38. The molecule has 2 aromatic carbocycles. The van der Waals surface area contributed by atoms with Gasteiger partial charge < -0.3 is 9.64 Å². The Bertz CT molecular complexity index is 876. The Morgan fingerprint density at radius 3 is 2.44 bits per heavy atom. The number of carbonyl (C=O) groups is 3. The smallest absolute Gasteiger partial charge is 0.338 e. The fourth-order valence-corrected chi connectivity index (χ4v) is 3.19. The number of aryl methyl sites for hydroxylation is 1. The van der Waals surface area contributed by atoms with Crippen LogP contribution in [0, 0.1) is 0 Å². The summed E-state index contributed by atoms with van der Waals surface area (Å²) in [5.74, 6) is -0.916. The molecule has 0 aliphatic carbocycles. The zero-order valence-electron chi connectivity index (χ0n) is 15.0. The lowest BCUT2D eigenvalue weighted by molar-refractivity contribution is -0.117. The molecule has 2 aromatic rings. The molecular formula is C21H20ClNO4. The third-order valence-corrected chi connectivity index (χ3v) is 4.88. The Labute approximate surface area is 162 Å². The zero-order valence-corrected chi connectivity index (χ0v) is 15.8. The van der Waals surface area contributed by atoms with Crippen LogP contribution in [0.2, 0.25) is 5.02 Å². The van der Waals surface area contributed by atoms with E-state index >= 15 is 0 Å². The second kappa shape index (κ2) is 8.35. The number of anilines is 1. The Morgan fingerprint density at radius 2 is 1.81 bits per heavy atom. The van der Waals surface area contributed by atoms with Crippen LogP contribution in [0.3, 0.4) is 0 Å². The molecule has 6 heteroatoms. The largest absolute Gasteiger partial charge is 0.454 e. The molecule has 0 radical (unpaired) electrons. The minimum Gasteiger partial charge on any atom is -0.454 e. The minimum absolute atomic E-state index is 0.0203. The van der Waals surface area contributed by atoms with Crippen molar-refractivity contribution in [2.45, 2.75) is 26.2 Å². The predicted molar refractivity (Wildman–Crippen MR) is 103 cm³/mol. The van der Waals surface area contributed by atoms with Gasteiger partial charge in [0, 0.05) is 18.5 Å². The van der Waals surface area contributed by atoms with E-state index in [0.29, 0.717) is 29.2 Å². The van der Waals surface area contributed by atoms with Crippen LogP contribution in [-0.4, -0.2) is 30.8 Å². The molecule has 5 nitrogen and oxygen atoms in total. The van der Waals surface area contributed by atoms with Crippen molar-refractivity contribution in [2.24, 2.45) is 0 Å². The molecule has 0 atom stereocenters. The first kappa shape index (κ1) is 19.1. The average molecular weight is 386 g/mol. The Kier molecular flexibility index (Phi) is 5.91. The van der Waals surface area contributed by atoms with E-state index in [1.807, 2.05) is 19.1 Å². The van der Waals surface area contributed by atoms with Crippen LogP contribution in [0.15, 0.2) is 42.5 Å². The molecule has 3 rings (SSSR count). The van der Waals surface area contributed by atoms with E-state index in [1.165, 1.54) is 12.1 Å². The Morgan fingerprint density at radius 1 is 1.11 bits per heavy atom. The van der Waals surface area contributed by atoms with Gasteiger partial charge in [0.2, 0.25) is 5.91 Å². The highest BCUT2D eigenvalue weighted by molar-refractivity contribution is 6.34. The molecule has 1 heterocycles. The lowest BCUT2D eigenvalue weighted by Gasteiger charge is -2.18. The molecule has 0 bridgehead atoms. The van der Waals surface area contributed by atoms with Crippen molar-refractivity contribution in [3.8, 4) is 0 Å². The van der Waals surface area contributed by atoms with Crippen LogP contribution in [0.4, 0.5) is 5.69 Å². The molecule has 0 saturated carbocycles. The third kappa shape index (κ3) is 4.37. The van der Waals surface area contributed by atoms with E-state index in [2.05, 4.69) is 0 Å². The van der Waals surface area contributed by atoms with Crippen LogP contribution in [0.5, 0.6) is 0 Å². The minimum atomic E-state index is -0.627. The number of benzene rings is 2. The molecule has 0 spiro atoms. The fraction of sp³-hybridized carbons (Fsp3) is 0.286. The van der Waals surface area contributed by atoms with Crippen molar-refractivity contribution in [1.29, 1.82) is 0 Å². The predicted octanol–water partition coefficient (Wildman–Crippen LogP) is 4.07. The fourth-order valence-electron chi connectivity index (χ4n) is 2.97. The van der Waals surface area contributed by atoms with Gasteiger partial charge in [0.1, 0.15) is 0 Å². The first-order valence-electron chi connectivity index (χ1n) is 8.88. The van der Waals surface area contributed by atoms with Crippen molar-refractivity contribution in [3.63, 3.8) is 0 Å². The number of ketones is 1. The van der Waals surface area contributed by atoms with Crippen LogP contribution >= 0.6 is 11.6 Å². The highest BCUT2D eigenvalue weighted by Gasteiger charge is 2.24. The Balaban J connectivity index is 1.67. The number of carbonyl (C=O) groups excluding carboxylic acids is 3. The summed E-state index contributed by atoms with van der Waals surface area (Å²) in [5, 5.41) is 0.397. The summed E-state index contributed by atoms with van der Waals surface area (Å²) in [4.78, 5) is 38.0. The van der Waals surface area contributed by atoms with E-state index in [9.17, 15) is 14.4 Å². The van der Waals surface area contributed by atoms with Gasteiger partial charge in [-0.25, -0.2) is 4.79 Å². The quantitative estimate of drug-likeness (QED) is 0.555. The van der Waals surface area contributed by atoms with Crippen molar-refractivity contribution >= 4 is 34.9 Å². The van der Waals surface area contributed by atoms with Gasteiger partial charge in [-0.2, -0.15) is 0 Å². The number of ether oxygens (including phenoxy) is 1. The summed E-state index contributed by atoms with van der Waals surface area (Å²) in [6.45, 7) is 2.27. The number of hydrogen-bond donors (Lipinski definition) is 0. The van der Waals surface area contributed by atoms with Crippen molar-refractivity contribution in [2.75, 3.05) is 18.1 Å². The van der Waals surface area contributed by atoms with Gasteiger partial charge in [-0.05, 0) is 36.6 Å². The van der Waals surface area contributed by atoms with E-state index in [4.69, 9.17) is 16.3 Å². The number of Topliss-reactive ketones (excluding diaryl/α,β-unsaturated/α-hetero) is 1. The second-order valence-electron chi connectivity index (χ2n) is 6.36. The molecule has 1 aliphatic heterocycles. The van der Waals surface area contributed by atoms with Crippen LogP contribution < -0.4 is 4.90 Å². The standard InChI is InChI=1S/C21H20ClNO4/c1-2-14-5-7-15(8-6-14)19(24)13-27-21(26)16-9-10-17(22)18(12-16)23-11-3-4-20(23)25/h5-10,12H,2-4,11,13H2,1H3. The van der Waals surface area contributed by atoms with E-state index in [0.717, 1.165) is 18.4 Å². The zero-order chi connectivity index (χ0) is 19.4. The summed E-state index contributed by atoms with van der Waals surface area (Å²) in [7, 11) is 0. The lowest BCUT2D eigenvalue weighted by atomic mass is 10.1. The first-order chi connectivity index (χ1) is 13.0. The Hall–Kier alpha value is -2.66. The number of rotatable bonds is 6. The molecule has 1 fully saturated rings. The molecule has 0 N–H and O–H groups in total. The number of hydrogen-bond acceptors (Lipinski definition) is 4. The monoisotopic (exact) mass is 385 g/mol. The molecule has 1 amide bonds. The number of amides is 1. The van der Waals surface area contributed by atoms with Gasteiger partial charge in [-0.1, -0.05) is 42.8 Å². The van der Waals surface area contributed by atoms with Crippen molar-refractivity contribution < 1.29 is 19.1 Å². The summed E-state index contributed by atoms with van der Waals surface area (Å²) < 4.78 is 5.15. The van der Waals surface area contributed by atoms with E-state index in [1.54, 1.807) is 23.1 Å². The molecular weight excluding hydrogens is 366 g/mol. The topological polar surface area (TPSA) is 63.7 Å². The van der Waals surface area contributed by atoms with Gasteiger partial charge in [0.15, 0.2) is 12.4 Å². The molecule has 0 unspecified atom stereocenters. The van der Waals surface area contributed by atoms with Crippen molar-refractivity contribution in [3.05, 3.63) is 64.2 Å². The highest BCUT2D eigenvalue weighted by atomic mass is 35.5. The van der Waals surface area contributed by atoms with E-state index < -0.39 is 5.97 Å². The van der Waals surface area contributed by atoms with Gasteiger partial charge in [-0.15, -0.1) is 0 Å². The lowest BCUT2D eigenvalue weighted by Crippen LogP contribution is -2.24. The molecule has 27 heavy (non-hydrogen) atoms. The van der Waals surface area contributed by atoms with Crippen LogP contribution in [-0.2, 0) is 16.0 Å². The maximum absolute atomic E-state index is 12.3. The van der Waals surface area contributed by atoms with Gasteiger partial charge in [-0.3, -0.25) is 9.59 Å². The SMILES string of the molecule is CCc1ccc(C(=O)COC(=O)c2ccc(Cl)c(N3CCCC3=O)c2)cc1. The average Bonchev–Trinajstić information content (AvgIpc) is 3.12. The molecule has 1 saturated heterocycles. The van der Waals surface area contributed by atoms with Gasteiger partial charge in [0.25, 0.3) is 0 Å². The molecule has 1 aliphatic rings. The summed E-state index contributed by atoms with van der Waals surface area (Å²) in [6, 6.07) is 11.8. The molecule has 0 aromatic heterocycles. The van der Waals surface area contributed by atoms with Crippen LogP contribution in [0.1, 0.15) is 46.0 Å². The maximum Gasteiger partial charge on any atom is 0.338 e. The number of halogens is 1. The summed E-state index contributed by atoms with van der Waals surface area (Å²) >= 11 is 6.18. The van der Waals surface area contributed by atoms with Crippen LogP contribution in [0.25, 0.3) is 0 Å².